The molecule has 118 valence electrons. The minimum atomic E-state index is 0.240. The first-order valence-electron chi connectivity index (χ1n) is 8.05. The number of aliphatic hydroxyl groups excluding tert-OH is 1. The van der Waals surface area contributed by atoms with Gasteiger partial charge < -0.3 is 9.52 Å². The molecule has 0 amide bonds. The first-order valence-corrected chi connectivity index (χ1v) is 8.05. The summed E-state index contributed by atoms with van der Waals surface area (Å²) in [7, 11) is 0. The number of nitrogens with zero attached hydrogens (tertiary/aromatic N) is 3. The second-order valence-electron chi connectivity index (χ2n) is 5.88. The summed E-state index contributed by atoms with van der Waals surface area (Å²) in [5.41, 5.74) is 1.17. The minimum absolute atomic E-state index is 0.240. The van der Waals surface area contributed by atoms with E-state index in [4.69, 9.17) is 4.42 Å². The van der Waals surface area contributed by atoms with E-state index >= 15 is 0 Å². The molecular weight excluding hydrogens is 278 g/mol. The van der Waals surface area contributed by atoms with Gasteiger partial charge in [0.2, 0.25) is 11.8 Å². The highest BCUT2D eigenvalue weighted by Gasteiger charge is 2.23. The third kappa shape index (κ3) is 3.93. The van der Waals surface area contributed by atoms with Crippen molar-refractivity contribution in [3.63, 3.8) is 0 Å². The van der Waals surface area contributed by atoms with Gasteiger partial charge in [0.15, 0.2) is 0 Å². The molecule has 5 nitrogen and oxygen atoms in total. The number of hydrogen-bond donors (Lipinski definition) is 1. The second kappa shape index (κ2) is 7.51. The van der Waals surface area contributed by atoms with Crippen molar-refractivity contribution in [1.29, 1.82) is 0 Å². The van der Waals surface area contributed by atoms with E-state index in [1.165, 1.54) is 18.4 Å². The van der Waals surface area contributed by atoms with Crippen molar-refractivity contribution in [1.82, 2.24) is 15.1 Å². The van der Waals surface area contributed by atoms with Crippen molar-refractivity contribution in [3.8, 4) is 0 Å². The maximum atomic E-state index is 9.19. The number of benzene rings is 1. The van der Waals surface area contributed by atoms with Crippen molar-refractivity contribution in [3.05, 3.63) is 47.7 Å². The first-order chi connectivity index (χ1) is 10.8. The first kappa shape index (κ1) is 15.2. The number of piperidine rings is 1. The van der Waals surface area contributed by atoms with Gasteiger partial charge in [-0.1, -0.05) is 36.8 Å². The van der Waals surface area contributed by atoms with E-state index in [2.05, 4.69) is 27.2 Å². The second-order valence-corrected chi connectivity index (χ2v) is 5.88. The zero-order valence-corrected chi connectivity index (χ0v) is 12.8. The van der Waals surface area contributed by atoms with Crippen LogP contribution in [0.3, 0.4) is 0 Å². The number of likely N-dealkylation sites (tertiary alicyclic amines) is 1. The Hall–Kier alpha value is -1.72. The Bertz CT molecular complexity index is 568. The summed E-state index contributed by atoms with van der Waals surface area (Å²) in [5, 5.41) is 17.5. The standard InChI is InChI=1S/C17H23N3O2/c21-11-9-15-8-4-5-10-20(15)13-17-19-18-16(22-17)12-14-6-2-1-3-7-14/h1-3,6-7,15,21H,4-5,8-13H2. The maximum absolute atomic E-state index is 9.19. The van der Waals surface area contributed by atoms with Gasteiger partial charge in [-0.15, -0.1) is 10.2 Å². The highest BCUT2D eigenvalue weighted by molar-refractivity contribution is 5.17. The van der Waals surface area contributed by atoms with E-state index < -0.39 is 0 Å². The zero-order chi connectivity index (χ0) is 15.2. The lowest BCUT2D eigenvalue weighted by molar-refractivity contribution is 0.103. The lowest BCUT2D eigenvalue weighted by Gasteiger charge is -2.34. The Morgan fingerprint density at radius 3 is 2.77 bits per heavy atom. The summed E-state index contributed by atoms with van der Waals surface area (Å²) in [4.78, 5) is 2.36. The van der Waals surface area contributed by atoms with Crippen molar-refractivity contribution in [2.75, 3.05) is 13.2 Å². The Morgan fingerprint density at radius 1 is 1.14 bits per heavy atom. The third-order valence-electron chi connectivity index (χ3n) is 4.26. The van der Waals surface area contributed by atoms with Crippen LogP contribution in [0.4, 0.5) is 0 Å². The monoisotopic (exact) mass is 301 g/mol. The smallest absolute Gasteiger partial charge is 0.230 e. The van der Waals surface area contributed by atoms with Crippen LogP contribution in [-0.2, 0) is 13.0 Å². The Labute approximate surface area is 131 Å². The molecule has 0 radical (unpaired) electrons. The van der Waals surface area contributed by atoms with Crippen LogP contribution in [0.15, 0.2) is 34.7 Å². The highest BCUT2D eigenvalue weighted by Crippen LogP contribution is 2.21. The average Bonchev–Trinajstić information content (AvgIpc) is 2.98. The van der Waals surface area contributed by atoms with E-state index in [-0.39, 0.29) is 6.61 Å². The quantitative estimate of drug-likeness (QED) is 0.887. The molecule has 3 rings (SSSR count). The molecule has 0 spiro atoms. The summed E-state index contributed by atoms with van der Waals surface area (Å²) in [6, 6.07) is 10.6. The van der Waals surface area contributed by atoms with Crippen molar-refractivity contribution < 1.29 is 9.52 Å². The number of aromatic nitrogens is 2. The number of hydrogen-bond acceptors (Lipinski definition) is 5. The summed E-state index contributed by atoms with van der Waals surface area (Å²) >= 11 is 0. The number of rotatable bonds is 6. The highest BCUT2D eigenvalue weighted by atomic mass is 16.4. The molecular formula is C17H23N3O2. The lowest BCUT2D eigenvalue weighted by atomic mass is 10.00. The molecule has 2 heterocycles. The Morgan fingerprint density at radius 2 is 1.95 bits per heavy atom. The molecule has 5 heteroatoms. The van der Waals surface area contributed by atoms with Crippen LogP contribution in [0.2, 0.25) is 0 Å². The van der Waals surface area contributed by atoms with E-state index in [1.807, 2.05) is 18.2 Å². The van der Waals surface area contributed by atoms with E-state index in [1.54, 1.807) is 0 Å². The number of aliphatic hydroxyl groups is 1. The fourth-order valence-corrected chi connectivity index (χ4v) is 3.11. The molecule has 2 aromatic rings. The largest absolute Gasteiger partial charge is 0.424 e. The zero-order valence-electron chi connectivity index (χ0n) is 12.8. The van der Waals surface area contributed by atoms with Gasteiger partial charge in [0.25, 0.3) is 0 Å². The molecule has 1 saturated heterocycles. The molecule has 0 bridgehead atoms. The van der Waals surface area contributed by atoms with Crippen LogP contribution in [0.25, 0.3) is 0 Å². The van der Waals surface area contributed by atoms with Gasteiger partial charge in [0.1, 0.15) is 0 Å². The fraction of sp³-hybridized carbons (Fsp3) is 0.529. The van der Waals surface area contributed by atoms with Crippen molar-refractivity contribution in [2.24, 2.45) is 0 Å². The molecule has 0 saturated carbocycles. The van der Waals surface area contributed by atoms with Crippen molar-refractivity contribution >= 4 is 0 Å². The third-order valence-corrected chi connectivity index (χ3v) is 4.26. The van der Waals surface area contributed by atoms with Gasteiger partial charge in [-0.2, -0.15) is 0 Å². The normalized spacial score (nSPS) is 19.4. The summed E-state index contributed by atoms with van der Waals surface area (Å²) in [6.45, 7) is 1.97. The lowest BCUT2D eigenvalue weighted by Crippen LogP contribution is -2.39. The van der Waals surface area contributed by atoms with E-state index in [0.29, 0.717) is 30.8 Å². The minimum Gasteiger partial charge on any atom is -0.424 e. The summed E-state index contributed by atoms with van der Waals surface area (Å²) < 4.78 is 5.79. The van der Waals surface area contributed by atoms with E-state index in [9.17, 15) is 5.11 Å². The molecule has 1 fully saturated rings. The molecule has 1 atom stereocenters. The van der Waals surface area contributed by atoms with Crippen LogP contribution in [0, 0.1) is 0 Å². The molecule has 1 aliphatic rings. The van der Waals surface area contributed by atoms with Crippen LogP contribution < -0.4 is 0 Å². The molecule has 22 heavy (non-hydrogen) atoms. The molecule has 0 aliphatic carbocycles. The van der Waals surface area contributed by atoms with Crippen LogP contribution in [0.1, 0.15) is 43.0 Å². The summed E-state index contributed by atoms with van der Waals surface area (Å²) in [6.07, 6.45) is 5.09. The van der Waals surface area contributed by atoms with Gasteiger partial charge in [-0.3, -0.25) is 4.90 Å². The predicted octanol–water partition coefficient (Wildman–Crippen LogP) is 2.40. The maximum Gasteiger partial charge on any atom is 0.230 e. The fourth-order valence-electron chi connectivity index (χ4n) is 3.11. The molecule has 1 unspecified atom stereocenters. The van der Waals surface area contributed by atoms with Crippen LogP contribution >= 0.6 is 0 Å². The van der Waals surface area contributed by atoms with Gasteiger partial charge in [-0.25, -0.2) is 0 Å². The predicted molar refractivity (Wildman–Crippen MR) is 83.3 cm³/mol. The molecule has 1 aromatic heterocycles. The SMILES string of the molecule is OCCC1CCCCN1Cc1nnc(Cc2ccccc2)o1. The van der Waals surface area contributed by atoms with Crippen molar-refractivity contribution in [2.45, 2.75) is 44.7 Å². The van der Waals surface area contributed by atoms with E-state index in [0.717, 1.165) is 19.4 Å². The van der Waals surface area contributed by atoms with Crippen LogP contribution in [0.5, 0.6) is 0 Å². The van der Waals surface area contributed by atoms with Gasteiger partial charge in [-0.05, 0) is 31.4 Å². The molecule has 1 aromatic carbocycles. The van der Waals surface area contributed by atoms with Gasteiger partial charge >= 0.3 is 0 Å². The molecule has 1 aliphatic heterocycles. The average molecular weight is 301 g/mol. The molecule has 1 N–H and O–H groups in total. The Balaban J connectivity index is 1.61. The van der Waals surface area contributed by atoms with Gasteiger partial charge in [0.05, 0.1) is 13.0 Å². The van der Waals surface area contributed by atoms with Crippen LogP contribution in [-0.4, -0.2) is 39.4 Å². The summed E-state index contributed by atoms with van der Waals surface area (Å²) in [5.74, 6) is 1.34. The Kier molecular flexibility index (Phi) is 5.19. The van der Waals surface area contributed by atoms with Gasteiger partial charge in [0, 0.05) is 12.6 Å². The topological polar surface area (TPSA) is 62.4 Å².